The van der Waals surface area contributed by atoms with E-state index in [-0.39, 0.29) is 11.3 Å². The molecular formula is C14H7N3O3. The van der Waals surface area contributed by atoms with Gasteiger partial charge in [0.2, 0.25) is 0 Å². The van der Waals surface area contributed by atoms with E-state index < -0.39 is 10.8 Å². The molecule has 0 fully saturated rings. The van der Waals surface area contributed by atoms with E-state index in [0.717, 1.165) is 0 Å². The van der Waals surface area contributed by atoms with E-state index in [1.165, 1.54) is 10.6 Å². The summed E-state index contributed by atoms with van der Waals surface area (Å²) in [5.41, 5.74) is 1.82. The third-order valence-corrected chi connectivity index (χ3v) is 3.46. The molecule has 0 N–H and O–H groups in total. The van der Waals surface area contributed by atoms with Crippen molar-refractivity contribution in [2.24, 2.45) is 0 Å². The molecule has 0 saturated carbocycles. The Morgan fingerprint density at radius 2 is 1.90 bits per heavy atom. The molecule has 2 heterocycles. The molecule has 4 rings (SSSR count). The molecule has 0 spiro atoms. The first kappa shape index (κ1) is 10.9. The lowest BCUT2D eigenvalue weighted by Crippen LogP contribution is -2.08. The molecule has 3 aromatic rings. The maximum Gasteiger partial charge on any atom is 0.282 e. The van der Waals surface area contributed by atoms with Gasteiger partial charge in [-0.1, -0.05) is 18.2 Å². The molecular weight excluding hydrogens is 258 g/mol. The molecule has 1 aliphatic rings. The summed E-state index contributed by atoms with van der Waals surface area (Å²) in [6, 6.07) is 11.8. The predicted octanol–water partition coefficient (Wildman–Crippen LogP) is 2.61. The van der Waals surface area contributed by atoms with Crippen LogP contribution in [0.25, 0.3) is 22.4 Å². The zero-order valence-corrected chi connectivity index (χ0v) is 10.1. The van der Waals surface area contributed by atoms with Crippen LogP contribution < -0.4 is 0 Å². The number of hydrogen-bond acceptors (Lipinski definition) is 4. The van der Waals surface area contributed by atoms with E-state index in [9.17, 15) is 14.9 Å². The SMILES string of the molecule is O=C1c2c(cccc2[N+](=O)[O-])-c2nc3ccccc3n21. The smallest absolute Gasteiger partial charge is 0.268 e. The highest BCUT2D eigenvalue weighted by molar-refractivity contribution is 6.15. The van der Waals surface area contributed by atoms with E-state index in [1.807, 2.05) is 18.2 Å². The molecule has 1 aromatic heterocycles. The van der Waals surface area contributed by atoms with E-state index in [0.29, 0.717) is 22.4 Å². The number of hydrogen-bond donors (Lipinski definition) is 0. The van der Waals surface area contributed by atoms with Gasteiger partial charge in [0.05, 0.1) is 16.0 Å². The molecule has 6 nitrogen and oxygen atoms in total. The van der Waals surface area contributed by atoms with E-state index in [2.05, 4.69) is 4.98 Å². The van der Waals surface area contributed by atoms with Crippen LogP contribution in [0.2, 0.25) is 0 Å². The molecule has 20 heavy (non-hydrogen) atoms. The average molecular weight is 265 g/mol. The van der Waals surface area contributed by atoms with E-state index in [4.69, 9.17) is 0 Å². The summed E-state index contributed by atoms with van der Waals surface area (Å²) in [5.74, 6) is 0.0749. The Labute approximate surface area is 112 Å². The summed E-state index contributed by atoms with van der Waals surface area (Å²) in [4.78, 5) is 27.4. The van der Waals surface area contributed by atoms with Gasteiger partial charge in [-0.2, -0.15) is 0 Å². The highest BCUT2D eigenvalue weighted by Gasteiger charge is 2.35. The zero-order valence-electron chi connectivity index (χ0n) is 10.1. The van der Waals surface area contributed by atoms with Crippen LogP contribution in [-0.2, 0) is 0 Å². The Balaban J connectivity index is 2.13. The van der Waals surface area contributed by atoms with Crippen molar-refractivity contribution in [2.45, 2.75) is 0 Å². The van der Waals surface area contributed by atoms with Gasteiger partial charge in [0.25, 0.3) is 11.6 Å². The molecule has 0 unspecified atom stereocenters. The number of rotatable bonds is 1. The number of aromatic nitrogens is 2. The number of imidazole rings is 1. The number of benzene rings is 2. The fraction of sp³-hybridized carbons (Fsp3) is 0. The first-order valence-electron chi connectivity index (χ1n) is 5.98. The number of para-hydroxylation sites is 2. The lowest BCUT2D eigenvalue weighted by atomic mass is 10.1. The molecule has 0 atom stereocenters. The average Bonchev–Trinajstić information content (AvgIpc) is 2.96. The van der Waals surface area contributed by atoms with E-state index in [1.54, 1.807) is 18.2 Å². The van der Waals surface area contributed by atoms with Gasteiger partial charge in [-0.25, -0.2) is 4.98 Å². The van der Waals surface area contributed by atoms with Gasteiger partial charge in [-0.3, -0.25) is 19.5 Å². The molecule has 1 aliphatic heterocycles. The number of carbonyl (C=O) groups excluding carboxylic acids is 1. The second kappa shape index (κ2) is 3.51. The maximum atomic E-state index is 12.5. The summed E-state index contributed by atoms with van der Waals surface area (Å²) in [7, 11) is 0. The van der Waals surface area contributed by atoms with Gasteiger partial charge in [0, 0.05) is 11.6 Å². The Kier molecular flexibility index (Phi) is 1.90. The van der Waals surface area contributed by atoms with Crippen LogP contribution in [0.1, 0.15) is 10.4 Å². The summed E-state index contributed by atoms with van der Waals surface area (Å²) in [6.45, 7) is 0. The minimum atomic E-state index is -0.536. The van der Waals surface area contributed by atoms with Crippen LogP contribution in [0.5, 0.6) is 0 Å². The lowest BCUT2D eigenvalue weighted by molar-refractivity contribution is -0.385. The first-order valence-corrected chi connectivity index (χ1v) is 5.98. The summed E-state index contributed by atoms with van der Waals surface area (Å²) < 4.78 is 1.44. The van der Waals surface area contributed by atoms with E-state index >= 15 is 0 Å². The van der Waals surface area contributed by atoms with Gasteiger partial charge in [0.15, 0.2) is 0 Å². The van der Waals surface area contributed by atoms with Gasteiger partial charge < -0.3 is 0 Å². The number of fused-ring (bicyclic) bond motifs is 5. The first-order chi connectivity index (χ1) is 9.68. The second-order valence-electron chi connectivity index (χ2n) is 4.52. The fourth-order valence-corrected chi connectivity index (χ4v) is 2.63. The third kappa shape index (κ3) is 1.17. The van der Waals surface area contributed by atoms with Gasteiger partial charge in [-0.05, 0) is 18.2 Å². The second-order valence-corrected chi connectivity index (χ2v) is 4.52. The molecule has 0 bridgehead atoms. The Bertz CT molecular complexity index is 911. The van der Waals surface area contributed by atoms with Crippen molar-refractivity contribution in [1.29, 1.82) is 0 Å². The van der Waals surface area contributed by atoms with Crippen molar-refractivity contribution in [2.75, 3.05) is 0 Å². The van der Waals surface area contributed by atoms with Crippen molar-refractivity contribution in [1.82, 2.24) is 9.55 Å². The Morgan fingerprint density at radius 1 is 1.10 bits per heavy atom. The number of nitro groups is 1. The van der Waals surface area contributed by atoms with Crippen molar-refractivity contribution in [3.63, 3.8) is 0 Å². The number of nitro benzene ring substituents is 1. The standard InChI is InChI=1S/C14H7N3O3/c18-14-12-8(4-3-7-11(12)17(19)20)13-15-9-5-1-2-6-10(9)16(13)14/h1-7H. The van der Waals surface area contributed by atoms with Crippen LogP contribution in [0.15, 0.2) is 42.5 Å². The van der Waals surface area contributed by atoms with Crippen molar-refractivity contribution in [3.05, 3.63) is 58.1 Å². The van der Waals surface area contributed by atoms with Crippen LogP contribution in [0, 0.1) is 10.1 Å². The minimum absolute atomic E-state index is 0.116. The molecule has 0 radical (unpaired) electrons. The van der Waals surface area contributed by atoms with Crippen molar-refractivity contribution in [3.8, 4) is 11.4 Å². The monoisotopic (exact) mass is 265 g/mol. The van der Waals surface area contributed by atoms with Crippen LogP contribution in [-0.4, -0.2) is 20.4 Å². The maximum absolute atomic E-state index is 12.5. The Morgan fingerprint density at radius 3 is 2.70 bits per heavy atom. The van der Waals surface area contributed by atoms with Crippen molar-refractivity contribution >= 4 is 22.6 Å². The van der Waals surface area contributed by atoms with Crippen LogP contribution >= 0.6 is 0 Å². The fourth-order valence-electron chi connectivity index (χ4n) is 2.63. The van der Waals surface area contributed by atoms with Crippen LogP contribution in [0.4, 0.5) is 5.69 Å². The highest BCUT2D eigenvalue weighted by atomic mass is 16.6. The topological polar surface area (TPSA) is 78.0 Å². The minimum Gasteiger partial charge on any atom is -0.268 e. The normalized spacial score (nSPS) is 12.5. The zero-order chi connectivity index (χ0) is 13.9. The molecule has 2 aromatic carbocycles. The van der Waals surface area contributed by atoms with Gasteiger partial charge >= 0.3 is 0 Å². The molecule has 0 aliphatic carbocycles. The van der Waals surface area contributed by atoms with Gasteiger partial charge in [0.1, 0.15) is 11.4 Å². The van der Waals surface area contributed by atoms with Crippen LogP contribution in [0.3, 0.4) is 0 Å². The molecule has 6 heteroatoms. The predicted molar refractivity (Wildman–Crippen MR) is 71.6 cm³/mol. The molecule has 0 saturated heterocycles. The number of nitrogens with zero attached hydrogens (tertiary/aromatic N) is 3. The third-order valence-electron chi connectivity index (χ3n) is 3.46. The quantitative estimate of drug-likeness (QED) is 0.391. The van der Waals surface area contributed by atoms with Crippen molar-refractivity contribution < 1.29 is 9.72 Å². The Hall–Kier alpha value is -3.02. The van der Waals surface area contributed by atoms with Gasteiger partial charge in [-0.15, -0.1) is 0 Å². The molecule has 0 amide bonds. The molecule has 96 valence electrons. The lowest BCUT2D eigenvalue weighted by Gasteiger charge is -1.99. The summed E-state index contributed by atoms with van der Waals surface area (Å²) >= 11 is 0. The number of carbonyl (C=O) groups is 1. The largest absolute Gasteiger partial charge is 0.282 e. The highest BCUT2D eigenvalue weighted by Crippen LogP contribution is 2.38. The summed E-state index contributed by atoms with van der Waals surface area (Å²) in [5, 5.41) is 11.1. The summed E-state index contributed by atoms with van der Waals surface area (Å²) in [6.07, 6.45) is 0.